The third-order valence-electron chi connectivity index (χ3n) is 5.72. The highest BCUT2D eigenvalue weighted by atomic mass is 32.2. The van der Waals surface area contributed by atoms with Crippen molar-refractivity contribution in [2.45, 2.75) is 30.6 Å². The number of nitrogens with one attached hydrogen (secondary N) is 1. The van der Waals surface area contributed by atoms with Gasteiger partial charge in [0.25, 0.3) is 0 Å². The second-order valence-electron chi connectivity index (χ2n) is 7.61. The van der Waals surface area contributed by atoms with Crippen LogP contribution < -0.4 is 5.32 Å². The molecule has 2 heterocycles. The number of nitrogens with zero attached hydrogens (tertiary/aromatic N) is 2. The zero-order chi connectivity index (χ0) is 20.6. The average molecular weight is 417 g/mol. The molecule has 0 aromatic heterocycles. The average Bonchev–Trinajstić information content (AvgIpc) is 3.33. The number of hydrogen-bond donors (Lipinski definition) is 1. The predicted octanol–water partition coefficient (Wildman–Crippen LogP) is 1.36. The molecule has 1 N–H and O–H groups in total. The Labute approximate surface area is 169 Å². The fraction of sp³-hybridized carbons (Fsp3) is 0.450. The molecule has 0 bridgehead atoms. The van der Waals surface area contributed by atoms with Crippen LogP contribution in [0.15, 0.2) is 41.3 Å². The lowest BCUT2D eigenvalue weighted by Gasteiger charge is -2.17. The van der Waals surface area contributed by atoms with E-state index >= 15 is 0 Å². The number of anilines is 1. The Morgan fingerprint density at radius 3 is 2.28 bits per heavy atom. The minimum atomic E-state index is -3.59. The molecule has 0 spiro atoms. The van der Waals surface area contributed by atoms with Crippen LogP contribution in [-0.4, -0.2) is 55.0 Å². The number of hydrogen-bond acceptors (Lipinski definition) is 5. The van der Waals surface area contributed by atoms with Crippen LogP contribution in [-0.2, 0) is 24.4 Å². The summed E-state index contributed by atoms with van der Waals surface area (Å²) >= 11 is 0. The number of carbonyl (C=O) groups is 3. The number of benzene rings is 1. The Morgan fingerprint density at radius 1 is 1.03 bits per heavy atom. The molecule has 0 unspecified atom stereocenters. The van der Waals surface area contributed by atoms with E-state index in [9.17, 15) is 22.8 Å². The van der Waals surface area contributed by atoms with Gasteiger partial charge in [-0.2, -0.15) is 4.31 Å². The van der Waals surface area contributed by atoms with Gasteiger partial charge < -0.3 is 5.32 Å². The molecule has 9 heteroatoms. The number of sulfonamides is 1. The lowest BCUT2D eigenvalue weighted by molar-refractivity contribution is -0.142. The quantitative estimate of drug-likeness (QED) is 0.576. The van der Waals surface area contributed by atoms with Crippen molar-refractivity contribution in [1.29, 1.82) is 0 Å². The molecule has 2 aliphatic heterocycles. The Morgan fingerprint density at radius 2 is 1.66 bits per heavy atom. The molecule has 29 heavy (non-hydrogen) atoms. The van der Waals surface area contributed by atoms with Gasteiger partial charge in [0.15, 0.2) is 0 Å². The molecular formula is C20H23N3O5S. The summed E-state index contributed by atoms with van der Waals surface area (Å²) in [7, 11) is -3.59. The van der Waals surface area contributed by atoms with E-state index in [1.165, 1.54) is 16.4 Å². The molecule has 8 nitrogen and oxygen atoms in total. The number of carbonyl (C=O) groups excluding carboxylic acids is 3. The number of amides is 3. The van der Waals surface area contributed by atoms with Crippen LogP contribution in [0.1, 0.15) is 25.7 Å². The smallest absolute Gasteiger partial charge is 0.244 e. The summed E-state index contributed by atoms with van der Waals surface area (Å²) in [5.74, 6) is -1.92. The Kier molecular flexibility index (Phi) is 5.26. The van der Waals surface area contributed by atoms with Crippen molar-refractivity contribution in [3.63, 3.8) is 0 Å². The van der Waals surface area contributed by atoms with Crippen LogP contribution in [0.5, 0.6) is 0 Å². The molecule has 1 aliphatic carbocycles. The van der Waals surface area contributed by atoms with Crippen LogP contribution in [0.3, 0.4) is 0 Å². The van der Waals surface area contributed by atoms with Gasteiger partial charge in [0.2, 0.25) is 27.7 Å². The van der Waals surface area contributed by atoms with E-state index in [0.717, 1.165) is 17.7 Å². The maximum atomic E-state index is 12.7. The third kappa shape index (κ3) is 3.72. The largest absolute Gasteiger partial charge is 0.324 e. The van der Waals surface area contributed by atoms with Crippen LogP contribution >= 0.6 is 0 Å². The first-order valence-corrected chi connectivity index (χ1v) is 11.2. The van der Waals surface area contributed by atoms with Crippen LogP contribution in [0.2, 0.25) is 0 Å². The molecule has 1 aromatic rings. The Hall–Kier alpha value is -2.52. The highest BCUT2D eigenvalue weighted by molar-refractivity contribution is 7.89. The molecular weight excluding hydrogens is 394 g/mol. The van der Waals surface area contributed by atoms with Gasteiger partial charge >= 0.3 is 0 Å². The SMILES string of the molecule is O=C(CN1C(=O)[C@@H]2CC=CC[C@H]2C1=O)Nc1cccc(S(=O)(=O)N2CCCC2)c1. The molecule has 2 fully saturated rings. The van der Waals surface area contributed by atoms with Crippen LogP contribution in [0.25, 0.3) is 0 Å². The summed E-state index contributed by atoms with van der Waals surface area (Å²) in [6, 6.07) is 6.04. The van der Waals surface area contributed by atoms with Crippen molar-refractivity contribution < 1.29 is 22.8 Å². The highest BCUT2D eigenvalue weighted by Gasteiger charge is 2.47. The number of rotatable bonds is 5. The van der Waals surface area contributed by atoms with E-state index in [2.05, 4.69) is 5.32 Å². The molecule has 0 radical (unpaired) electrons. The van der Waals surface area contributed by atoms with Crippen molar-refractivity contribution in [2.24, 2.45) is 11.8 Å². The van der Waals surface area contributed by atoms with E-state index < -0.39 is 15.9 Å². The Balaban J connectivity index is 1.44. The van der Waals surface area contributed by atoms with Crippen molar-refractivity contribution in [2.75, 3.05) is 25.0 Å². The third-order valence-corrected chi connectivity index (χ3v) is 7.62. The minimum Gasteiger partial charge on any atom is -0.324 e. The summed E-state index contributed by atoms with van der Waals surface area (Å²) < 4.78 is 26.8. The second-order valence-corrected chi connectivity index (χ2v) is 9.54. The summed E-state index contributed by atoms with van der Waals surface area (Å²) in [4.78, 5) is 38.5. The number of fused-ring (bicyclic) bond motifs is 1. The van der Waals surface area contributed by atoms with Gasteiger partial charge in [-0.15, -0.1) is 0 Å². The number of imide groups is 1. The molecule has 1 aromatic carbocycles. The predicted molar refractivity (Wildman–Crippen MR) is 105 cm³/mol. The molecule has 2 saturated heterocycles. The zero-order valence-corrected chi connectivity index (χ0v) is 16.7. The van der Waals surface area contributed by atoms with Gasteiger partial charge in [-0.05, 0) is 43.9 Å². The fourth-order valence-corrected chi connectivity index (χ4v) is 5.74. The number of likely N-dealkylation sites (tertiary alicyclic amines) is 1. The Bertz CT molecular complexity index is 956. The van der Waals surface area contributed by atoms with Gasteiger partial charge in [0.1, 0.15) is 6.54 Å². The van der Waals surface area contributed by atoms with Gasteiger partial charge in [-0.3, -0.25) is 19.3 Å². The zero-order valence-electron chi connectivity index (χ0n) is 15.9. The van der Waals surface area contributed by atoms with E-state index in [-0.39, 0.29) is 35.1 Å². The monoisotopic (exact) mass is 417 g/mol. The molecule has 3 amide bonds. The van der Waals surface area contributed by atoms with Gasteiger partial charge in [-0.25, -0.2) is 8.42 Å². The molecule has 2 atom stereocenters. The van der Waals surface area contributed by atoms with Crippen LogP contribution in [0, 0.1) is 11.8 Å². The lowest BCUT2D eigenvalue weighted by Crippen LogP contribution is -2.38. The first-order chi connectivity index (χ1) is 13.9. The maximum absolute atomic E-state index is 12.7. The van der Waals surface area contributed by atoms with Gasteiger partial charge in [0, 0.05) is 18.8 Å². The first kappa shape index (κ1) is 19.8. The summed E-state index contributed by atoms with van der Waals surface area (Å²) in [6.07, 6.45) is 6.49. The number of allylic oxidation sites excluding steroid dienone is 2. The molecule has 3 aliphatic rings. The fourth-order valence-electron chi connectivity index (χ4n) is 4.18. The highest BCUT2D eigenvalue weighted by Crippen LogP contribution is 2.34. The topological polar surface area (TPSA) is 104 Å². The summed E-state index contributed by atoms with van der Waals surface area (Å²) in [5, 5.41) is 2.61. The van der Waals surface area contributed by atoms with Gasteiger partial charge in [0.05, 0.1) is 16.7 Å². The standard InChI is InChI=1S/C20H23N3O5S/c24-18(13-23-19(25)16-8-1-2-9-17(16)20(23)26)21-14-6-5-7-15(12-14)29(27,28)22-10-3-4-11-22/h1-2,5-7,12,16-17H,3-4,8-11,13H2,(H,21,24)/t16-,17-/m1/s1. The normalized spacial score (nSPS) is 24.8. The van der Waals surface area contributed by atoms with E-state index in [0.29, 0.717) is 31.6 Å². The van der Waals surface area contributed by atoms with E-state index in [4.69, 9.17) is 0 Å². The van der Waals surface area contributed by atoms with Crippen molar-refractivity contribution >= 4 is 33.4 Å². The second kappa shape index (κ2) is 7.72. The molecule has 0 saturated carbocycles. The van der Waals surface area contributed by atoms with E-state index in [1.807, 2.05) is 12.2 Å². The first-order valence-electron chi connectivity index (χ1n) is 9.78. The summed E-state index contributed by atoms with van der Waals surface area (Å²) in [5.41, 5.74) is 0.313. The van der Waals surface area contributed by atoms with Crippen LogP contribution in [0.4, 0.5) is 5.69 Å². The van der Waals surface area contributed by atoms with Crippen molar-refractivity contribution in [1.82, 2.24) is 9.21 Å². The maximum Gasteiger partial charge on any atom is 0.244 e. The summed E-state index contributed by atoms with van der Waals surface area (Å²) in [6.45, 7) is 0.623. The van der Waals surface area contributed by atoms with Crippen molar-refractivity contribution in [3.8, 4) is 0 Å². The van der Waals surface area contributed by atoms with E-state index in [1.54, 1.807) is 12.1 Å². The minimum absolute atomic E-state index is 0.114. The van der Waals surface area contributed by atoms with Gasteiger partial charge in [-0.1, -0.05) is 18.2 Å². The van der Waals surface area contributed by atoms with Crippen molar-refractivity contribution in [3.05, 3.63) is 36.4 Å². The molecule has 154 valence electrons. The molecule has 4 rings (SSSR count). The lowest BCUT2D eigenvalue weighted by atomic mass is 9.85.